The molecule has 6 heteroatoms. The van der Waals surface area contributed by atoms with E-state index in [1.54, 1.807) is 6.07 Å². The van der Waals surface area contributed by atoms with Crippen LogP contribution >= 0.6 is 0 Å². The zero-order chi connectivity index (χ0) is 17.5. The standard InChI is InChI=1S/C18H24N4O2/c1-12-5-6-15(11-14(12)3)22-18(19)21-9-4-8-20-17(23)16-13(2)7-10-24-16/h5-7,10-11H,4,8-9H2,1-3H3,(H,20,23)(H3,19,21,22). The fraction of sp³-hybridized carbons (Fsp3) is 0.333. The highest BCUT2D eigenvalue weighted by atomic mass is 16.3. The van der Waals surface area contributed by atoms with Crippen molar-refractivity contribution in [1.82, 2.24) is 5.32 Å². The van der Waals surface area contributed by atoms with Gasteiger partial charge in [-0.2, -0.15) is 0 Å². The largest absolute Gasteiger partial charge is 0.459 e. The second kappa shape index (κ2) is 8.19. The van der Waals surface area contributed by atoms with Crippen LogP contribution in [0.25, 0.3) is 0 Å². The van der Waals surface area contributed by atoms with Gasteiger partial charge in [-0.1, -0.05) is 6.07 Å². The van der Waals surface area contributed by atoms with Crippen LogP contribution in [0.15, 0.2) is 39.9 Å². The first-order valence-electron chi connectivity index (χ1n) is 7.94. The van der Waals surface area contributed by atoms with Crippen molar-refractivity contribution in [2.45, 2.75) is 27.2 Å². The summed E-state index contributed by atoms with van der Waals surface area (Å²) in [6, 6.07) is 7.80. The Kier molecular flexibility index (Phi) is 6.01. The fourth-order valence-corrected chi connectivity index (χ4v) is 2.17. The minimum atomic E-state index is -0.206. The van der Waals surface area contributed by atoms with Crippen molar-refractivity contribution in [2.75, 3.05) is 18.4 Å². The number of nitrogens with zero attached hydrogens (tertiary/aromatic N) is 1. The number of hydrogen-bond acceptors (Lipinski definition) is 3. The van der Waals surface area contributed by atoms with Gasteiger partial charge in [0.2, 0.25) is 0 Å². The summed E-state index contributed by atoms with van der Waals surface area (Å²) >= 11 is 0. The number of carbonyl (C=O) groups is 1. The Labute approximate surface area is 142 Å². The molecular weight excluding hydrogens is 304 g/mol. The van der Waals surface area contributed by atoms with Crippen LogP contribution in [0.4, 0.5) is 5.69 Å². The minimum Gasteiger partial charge on any atom is -0.459 e. The molecule has 0 saturated carbocycles. The van der Waals surface area contributed by atoms with E-state index in [-0.39, 0.29) is 5.91 Å². The summed E-state index contributed by atoms with van der Waals surface area (Å²) in [4.78, 5) is 16.1. The maximum atomic E-state index is 11.8. The van der Waals surface area contributed by atoms with Gasteiger partial charge in [0.05, 0.1) is 6.26 Å². The number of rotatable bonds is 6. The molecule has 0 unspecified atom stereocenters. The van der Waals surface area contributed by atoms with Crippen LogP contribution < -0.4 is 16.4 Å². The fourth-order valence-electron chi connectivity index (χ4n) is 2.17. The molecule has 0 fully saturated rings. The van der Waals surface area contributed by atoms with Crippen LogP contribution in [0.1, 0.15) is 33.7 Å². The Bertz CT molecular complexity index is 734. The van der Waals surface area contributed by atoms with E-state index in [4.69, 9.17) is 10.2 Å². The normalized spacial score (nSPS) is 11.4. The SMILES string of the molecule is Cc1ccc(NC(N)=NCCCNC(=O)c2occc2C)cc1C. The molecule has 0 aliphatic carbocycles. The van der Waals surface area contributed by atoms with Crippen molar-refractivity contribution in [3.8, 4) is 0 Å². The first kappa shape index (κ1) is 17.6. The minimum absolute atomic E-state index is 0.206. The first-order chi connectivity index (χ1) is 11.5. The molecule has 1 heterocycles. The number of furan rings is 1. The Morgan fingerprint density at radius 2 is 1.96 bits per heavy atom. The highest BCUT2D eigenvalue weighted by molar-refractivity contribution is 5.93. The van der Waals surface area contributed by atoms with Crippen LogP contribution in [-0.4, -0.2) is 25.0 Å². The Balaban J connectivity index is 1.72. The van der Waals surface area contributed by atoms with Crippen LogP contribution in [0.3, 0.4) is 0 Å². The van der Waals surface area contributed by atoms with E-state index in [9.17, 15) is 4.79 Å². The highest BCUT2D eigenvalue weighted by Crippen LogP contribution is 2.13. The summed E-state index contributed by atoms with van der Waals surface area (Å²) in [5.74, 6) is 0.517. The molecule has 1 aromatic heterocycles. The van der Waals surface area contributed by atoms with Gasteiger partial charge < -0.3 is 20.8 Å². The number of benzene rings is 1. The predicted octanol–water partition coefficient (Wildman–Crippen LogP) is 2.75. The molecule has 0 bridgehead atoms. The first-order valence-corrected chi connectivity index (χ1v) is 7.94. The molecule has 4 N–H and O–H groups in total. The van der Waals surface area contributed by atoms with E-state index in [1.807, 2.05) is 25.1 Å². The molecule has 0 atom stereocenters. The van der Waals surface area contributed by atoms with E-state index in [2.05, 4.69) is 29.5 Å². The topological polar surface area (TPSA) is 92.6 Å². The summed E-state index contributed by atoms with van der Waals surface area (Å²) < 4.78 is 5.14. The molecule has 0 aliphatic rings. The third-order valence-corrected chi connectivity index (χ3v) is 3.75. The molecule has 0 aliphatic heterocycles. The van der Waals surface area contributed by atoms with Gasteiger partial charge in [0, 0.05) is 24.3 Å². The number of guanidine groups is 1. The van der Waals surface area contributed by atoms with Crippen LogP contribution in [0.5, 0.6) is 0 Å². The Morgan fingerprint density at radius 1 is 1.17 bits per heavy atom. The number of amides is 1. The molecular formula is C18H24N4O2. The van der Waals surface area contributed by atoms with E-state index in [0.29, 0.717) is 31.2 Å². The van der Waals surface area contributed by atoms with Crippen LogP contribution in [0.2, 0.25) is 0 Å². The van der Waals surface area contributed by atoms with E-state index >= 15 is 0 Å². The lowest BCUT2D eigenvalue weighted by Gasteiger charge is -2.08. The molecule has 0 spiro atoms. The van der Waals surface area contributed by atoms with Gasteiger partial charge in [-0.05, 0) is 56.5 Å². The van der Waals surface area contributed by atoms with Gasteiger partial charge in [-0.25, -0.2) is 0 Å². The molecule has 24 heavy (non-hydrogen) atoms. The smallest absolute Gasteiger partial charge is 0.287 e. The lowest BCUT2D eigenvalue weighted by atomic mass is 10.1. The molecule has 0 saturated heterocycles. The number of anilines is 1. The summed E-state index contributed by atoms with van der Waals surface area (Å²) in [6.07, 6.45) is 2.20. The average molecular weight is 328 g/mol. The molecule has 128 valence electrons. The third-order valence-electron chi connectivity index (χ3n) is 3.75. The Morgan fingerprint density at radius 3 is 2.62 bits per heavy atom. The van der Waals surface area contributed by atoms with Gasteiger partial charge in [-0.3, -0.25) is 9.79 Å². The molecule has 6 nitrogen and oxygen atoms in total. The maximum Gasteiger partial charge on any atom is 0.287 e. The monoisotopic (exact) mass is 328 g/mol. The number of nitrogens with one attached hydrogen (secondary N) is 2. The summed E-state index contributed by atoms with van der Waals surface area (Å²) in [5.41, 5.74) is 10.0. The second-order valence-corrected chi connectivity index (χ2v) is 5.73. The van der Waals surface area contributed by atoms with Crippen LogP contribution in [0, 0.1) is 20.8 Å². The number of aliphatic imine (C=N–C) groups is 1. The van der Waals surface area contributed by atoms with Crippen LogP contribution in [-0.2, 0) is 0 Å². The Hall–Kier alpha value is -2.76. The molecule has 1 amide bonds. The molecule has 2 rings (SSSR count). The van der Waals surface area contributed by atoms with Crippen molar-refractivity contribution in [2.24, 2.45) is 10.7 Å². The lowest BCUT2D eigenvalue weighted by molar-refractivity contribution is 0.0925. The van der Waals surface area contributed by atoms with Gasteiger partial charge >= 0.3 is 0 Å². The zero-order valence-electron chi connectivity index (χ0n) is 14.3. The third kappa shape index (κ3) is 4.87. The van der Waals surface area contributed by atoms with Gasteiger partial charge in [0.25, 0.3) is 5.91 Å². The van der Waals surface area contributed by atoms with E-state index in [1.165, 1.54) is 17.4 Å². The average Bonchev–Trinajstić information content (AvgIpc) is 2.96. The summed E-state index contributed by atoms with van der Waals surface area (Å²) in [5, 5.41) is 5.86. The number of carbonyl (C=O) groups excluding carboxylic acids is 1. The van der Waals surface area contributed by atoms with E-state index in [0.717, 1.165) is 11.3 Å². The van der Waals surface area contributed by atoms with Gasteiger partial charge in [0.1, 0.15) is 0 Å². The zero-order valence-corrected chi connectivity index (χ0v) is 14.3. The second-order valence-electron chi connectivity index (χ2n) is 5.73. The molecule has 2 aromatic rings. The van der Waals surface area contributed by atoms with Crippen molar-refractivity contribution < 1.29 is 9.21 Å². The molecule has 0 radical (unpaired) electrons. The van der Waals surface area contributed by atoms with Crippen molar-refractivity contribution in [3.63, 3.8) is 0 Å². The van der Waals surface area contributed by atoms with Crippen molar-refractivity contribution >= 4 is 17.6 Å². The number of aryl methyl sites for hydroxylation is 3. The summed E-state index contributed by atoms with van der Waals surface area (Å²) in [7, 11) is 0. The molecule has 1 aromatic carbocycles. The van der Waals surface area contributed by atoms with E-state index < -0.39 is 0 Å². The quantitative estimate of drug-likeness (QED) is 0.432. The number of nitrogens with two attached hydrogens (primary N) is 1. The van der Waals surface area contributed by atoms with Gasteiger partial charge in [0.15, 0.2) is 11.7 Å². The van der Waals surface area contributed by atoms with Crippen molar-refractivity contribution in [3.05, 3.63) is 53.0 Å². The predicted molar refractivity (Wildman–Crippen MR) is 96.4 cm³/mol. The number of hydrogen-bond donors (Lipinski definition) is 3. The lowest BCUT2D eigenvalue weighted by Crippen LogP contribution is -2.26. The van der Waals surface area contributed by atoms with Gasteiger partial charge in [-0.15, -0.1) is 0 Å². The highest BCUT2D eigenvalue weighted by Gasteiger charge is 2.11. The summed E-state index contributed by atoms with van der Waals surface area (Å²) in [6.45, 7) is 6.99. The maximum absolute atomic E-state index is 11.8. The van der Waals surface area contributed by atoms with Crippen molar-refractivity contribution in [1.29, 1.82) is 0 Å².